The molecule has 4 nitrogen and oxygen atoms in total. The molecule has 1 aromatic carbocycles. The Labute approximate surface area is 114 Å². The number of carbonyl (C=O) groups excluding carboxylic acids is 1. The first-order chi connectivity index (χ1) is 9.20. The molecule has 0 saturated carbocycles. The number of nitrogens with zero attached hydrogens (tertiary/aromatic N) is 1. The van der Waals surface area contributed by atoms with Gasteiger partial charge < -0.3 is 15.4 Å². The van der Waals surface area contributed by atoms with Crippen molar-refractivity contribution in [3.05, 3.63) is 29.8 Å². The van der Waals surface area contributed by atoms with Crippen LogP contribution in [0.5, 0.6) is 0 Å². The maximum atomic E-state index is 11.7. The lowest BCUT2D eigenvalue weighted by molar-refractivity contribution is 0.157. The molecular weight excluding hydrogens is 240 g/mol. The summed E-state index contributed by atoms with van der Waals surface area (Å²) >= 11 is 0. The van der Waals surface area contributed by atoms with Crippen LogP contribution in [0.2, 0.25) is 0 Å². The minimum absolute atomic E-state index is 0.160. The van der Waals surface area contributed by atoms with Gasteiger partial charge in [-0.05, 0) is 30.5 Å². The smallest absolute Gasteiger partial charge is 0.410 e. The van der Waals surface area contributed by atoms with Gasteiger partial charge in [-0.1, -0.05) is 31.9 Å². The van der Waals surface area contributed by atoms with E-state index in [0.717, 1.165) is 37.9 Å². The summed E-state index contributed by atoms with van der Waals surface area (Å²) in [4.78, 5) is 13.6. The molecule has 0 unspecified atom stereocenters. The molecule has 1 aromatic rings. The first-order valence-electron chi connectivity index (χ1n) is 6.98. The zero-order valence-electron chi connectivity index (χ0n) is 11.5. The van der Waals surface area contributed by atoms with Crippen molar-refractivity contribution in [2.75, 3.05) is 18.9 Å². The van der Waals surface area contributed by atoms with Crippen molar-refractivity contribution in [2.24, 2.45) is 0 Å². The van der Waals surface area contributed by atoms with E-state index in [1.54, 1.807) is 0 Å². The Morgan fingerprint density at radius 3 is 2.74 bits per heavy atom. The first-order valence-corrected chi connectivity index (χ1v) is 6.98. The van der Waals surface area contributed by atoms with E-state index in [-0.39, 0.29) is 12.1 Å². The Bertz CT molecular complexity index is 417. The Morgan fingerprint density at radius 2 is 2.05 bits per heavy atom. The number of rotatable bonds is 6. The second kappa shape index (κ2) is 6.45. The summed E-state index contributed by atoms with van der Waals surface area (Å²) in [5.74, 6) is 0. The SMILES string of the molecule is CCCCCN1C(=O)OC[C@H]1Cc1ccc(N)cc1. The third kappa shape index (κ3) is 3.63. The van der Waals surface area contributed by atoms with E-state index < -0.39 is 0 Å². The van der Waals surface area contributed by atoms with Crippen molar-refractivity contribution in [1.29, 1.82) is 0 Å². The quantitative estimate of drug-likeness (QED) is 0.633. The van der Waals surface area contributed by atoms with Crippen LogP contribution in [-0.4, -0.2) is 30.2 Å². The number of nitrogen functional groups attached to an aromatic ring is 1. The van der Waals surface area contributed by atoms with Gasteiger partial charge in [-0.3, -0.25) is 0 Å². The molecule has 4 heteroatoms. The Kier molecular flexibility index (Phi) is 4.66. The zero-order chi connectivity index (χ0) is 13.7. The standard InChI is InChI=1S/C15H22N2O2/c1-2-3-4-9-17-14(11-19-15(17)18)10-12-5-7-13(16)8-6-12/h5-8,14H,2-4,9-11,16H2,1H3/t14-/m1/s1. The van der Waals surface area contributed by atoms with Crippen molar-refractivity contribution < 1.29 is 9.53 Å². The monoisotopic (exact) mass is 262 g/mol. The molecule has 1 saturated heterocycles. The van der Waals surface area contributed by atoms with E-state index in [4.69, 9.17) is 10.5 Å². The molecule has 0 bridgehead atoms. The number of benzene rings is 1. The maximum Gasteiger partial charge on any atom is 0.410 e. The van der Waals surface area contributed by atoms with Gasteiger partial charge in [0.05, 0.1) is 6.04 Å². The predicted molar refractivity (Wildman–Crippen MR) is 75.9 cm³/mol. The molecule has 0 aromatic heterocycles. The topological polar surface area (TPSA) is 55.6 Å². The summed E-state index contributed by atoms with van der Waals surface area (Å²) in [6, 6.07) is 7.99. The minimum atomic E-state index is -0.170. The Balaban J connectivity index is 1.94. The molecule has 2 rings (SSSR count). The van der Waals surface area contributed by atoms with Crippen LogP contribution < -0.4 is 5.73 Å². The fourth-order valence-electron chi connectivity index (χ4n) is 2.39. The molecule has 1 aliphatic rings. The van der Waals surface area contributed by atoms with Crippen LogP contribution in [0.1, 0.15) is 31.7 Å². The van der Waals surface area contributed by atoms with Gasteiger partial charge in [-0.25, -0.2) is 4.79 Å². The van der Waals surface area contributed by atoms with Crippen LogP contribution in [0, 0.1) is 0 Å². The molecule has 0 radical (unpaired) electrons. The van der Waals surface area contributed by atoms with Gasteiger partial charge in [0.1, 0.15) is 6.61 Å². The number of anilines is 1. The normalized spacial score (nSPS) is 18.7. The maximum absolute atomic E-state index is 11.7. The molecular formula is C15H22N2O2. The van der Waals surface area contributed by atoms with E-state index in [0.29, 0.717) is 6.61 Å². The lowest BCUT2D eigenvalue weighted by Crippen LogP contribution is -2.35. The fraction of sp³-hybridized carbons (Fsp3) is 0.533. The van der Waals surface area contributed by atoms with Gasteiger partial charge in [0, 0.05) is 12.2 Å². The number of nitrogens with two attached hydrogens (primary N) is 1. The number of ether oxygens (including phenoxy) is 1. The lowest BCUT2D eigenvalue weighted by Gasteiger charge is -2.21. The average Bonchev–Trinajstić information content (AvgIpc) is 2.74. The number of cyclic esters (lactones) is 1. The summed E-state index contributed by atoms with van der Waals surface area (Å²) in [6.07, 6.45) is 4.02. The molecule has 0 spiro atoms. The highest BCUT2D eigenvalue weighted by Crippen LogP contribution is 2.18. The number of carbonyl (C=O) groups is 1. The summed E-state index contributed by atoms with van der Waals surface area (Å²) in [7, 11) is 0. The highest BCUT2D eigenvalue weighted by Gasteiger charge is 2.32. The Hall–Kier alpha value is -1.71. The summed E-state index contributed by atoms with van der Waals surface area (Å²) in [6.45, 7) is 3.45. The summed E-state index contributed by atoms with van der Waals surface area (Å²) < 4.78 is 5.17. The zero-order valence-corrected chi connectivity index (χ0v) is 11.5. The molecule has 1 fully saturated rings. The van der Waals surface area contributed by atoms with Gasteiger partial charge in [-0.15, -0.1) is 0 Å². The van der Waals surface area contributed by atoms with Crippen LogP contribution in [0.3, 0.4) is 0 Å². The van der Waals surface area contributed by atoms with Gasteiger partial charge >= 0.3 is 6.09 Å². The van der Waals surface area contributed by atoms with Gasteiger partial charge in [0.2, 0.25) is 0 Å². The number of hydrogen-bond donors (Lipinski definition) is 1. The molecule has 0 aliphatic carbocycles. The number of hydrogen-bond acceptors (Lipinski definition) is 3. The van der Waals surface area contributed by atoms with E-state index in [9.17, 15) is 4.79 Å². The highest BCUT2D eigenvalue weighted by atomic mass is 16.6. The average molecular weight is 262 g/mol. The second-order valence-electron chi connectivity index (χ2n) is 5.08. The number of unbranched alkanes of at least 4 members (excludes halogenated alkanes) is 2. The molecule has 1 heterocycles. The number of amides is 1. The van der Waals surface area contributed by atoms with Gasteiger partial charge in [-0.2, -0.15) is 0 Å². The molecule has 1 atom stereocenters. The first kappa shape index (κ1) is 13.7. The summed E-state index contributed by atoms with van der Waals surface area (Å²) in [5, 5.41) is 0. The third-order valence-corrected chi connectivity index (χ3v) is 3.53. The fourth-order valence-corrected chi connectivity index (χ4v) is 2.39. The third-order valence-electron chi connectivity index (χ3n) is 3.53. The minimum Gasteiger partial charge on any atom is -0.447 e. The molecule has 2 N–H and O–H groups in total. The van der Waals surface area contributed by atoms with Crippen LogP contribution in [-0.2, 0) is 11.2 Å². The molecule has 1 amide bonds. The lowest BCUT2D eigenvalue weighted by atomic mass is 10.1. The van der Waals surface area contributed by atoms with Crippen molar-refractivity contribution in [3.63, 3.8) is 0 Å². The molecule has 104 valence electrons. The molecule has 19 heavy (non-hydrogen) atoms. The molecule has 1 aliphatic heterocycles. The second-order valence-corrected chi connectivity index (χ2v) is 5.08. The van der Waals surface area contributed by atoms with Crippen LogP contribution >= 0.6 is 0 Å². The van der Waals surface area contributed by atoms with Crippen molar-refractivity contribution >= 4 is 11.8 Å². The van der Waals surface area contributed by atoms with Crippen molar-refractivity contribution in [2.45, 2.75) is 38.6 Å². The van der Waals surface area contributed by atoms with Crippen LogP contribution in [0.15, 0.2) is 24.3 Å². The van der Waals surface area contributed by atoms with Gasteiger partial charge in [0.25, 0.3) is 0 Å². The largest absolute Gasteiger partial charge is 0.447 e. The summed E-state index contributed by atoms with van der Waals surface area (Å²) in [5.41, 5.74) is 7.63. The van der Waals surface area contributed by atoms with Crippen LogP contribution in [0.25, 0.3) is 0 Å². The van der Waals surface area contributed by atoms with Crippen molar-refractivity contribution in [1.82, 2.24) is 4.90 Å². The van der Waals surface area contributed by atoms with E-state index in [2.05, 4.69) is 6.92 Å². The van der Waals surface area contributed by atoms with E-state index in [1.165, 1.54) is 5.56 Å². The van der Waals surface area contributed by atoms with Crippen LogP contribution in [0.4, 0.5) is 10.5 Å². The van der Waals surface area contributed by atoms with Gasteiger partial charge in [0.15, 0.2) is 0 Å². The highest BCUT2D eigenvalue weighted by molar-refractivity contribution is 5.70. The van der Waals surface area contributed by atoms with E-state index >= 15 is 0 Å². The Morgan fingerprint density at radius 1 is 1.32 bits per heavy atom. The predicted octanol–water partition coefficient (Wildman–Crippen LogP) is 2.82. The van der Waals surface area contributed by atoms with E-state index in [1.807, 2.05) is 29.2 Å². The van der Waals surface area contributed by atoms with Crippen molar-refractivity contribution in [3.8, 4) is 0 Å².